The molecule has 1 aromatic carbocycles. The number of amides is 1. The number of alkyl halides is 3. The Balaban J connectivity index is 1.40. The van der Waals surface area contributed by atoms with Gasteiger partial charge in [0.15, 0.2) is 10.7 Å². The number of nitrogens with one attached hydrogen (secondary N) is 1. The summed E-state index contributed by atoms with van der Waals surface area (Å²) in [6.07, 6.45) is 0.576. The van der Waals surface area contributed by atoms with Gasteiger partial charge in [-0.25, -0.2) is 8.42 Å². The van der Waals surface area contributed by atoms with E-state index in [0.717, 1.165) is 12.1 Å². The zero-order valence-corrected chi connectivity index (χ0v) is 19.4. The second-order valence-electron chi connectivity index (χ2n) is 8.05. The van der Waals surface area contributed by atoms with Crippen molar-refractivity contribution in [2.45, 2.75) is 30.8 Å². The molecule has 8 nitrogen and oxygen atoms in total. The number of rotatable bonds is 6. The summed E-state index contributed by atoms with van der Waals surface area (Å²) in [6.45, 7) is 1.73. The molecule has 0 bridgehead atoms. The molecule has 1 amide bonds. The lowest BCUT2D eigenvalue weighted by molar-refractivity contribution is -0.137. The predicted octanol–water partition coefficient (Wildman–Crippen LogP) is 4.80. The molecule has 1 fully saturated rings. The van der Waals surface area contributed by atoms with Crippen LogP contribution >= 0.6 is 0 Å². The number of aryl methyl sites for hydroxylation is 1. The fraction of sp³-hybridized carbons (Fsp3) is 0.304. The lowest BCUT2D eigenvalue weighted by Crippen LogP contribution is -2.41. The number of aromatic nitrogens is 1. The van der Waals surface area contributed by atoms with Gasteiger partial charge in [0.05, 0.1) is 11.8 Å². The third-order valence-electron chi connectivity index (χ3n) is 5.68. The highest BCUT2D eigenvalue weighted by molar-refractivity contribution is 7.89. The van der Waals surface area contributed by atoms with Crippen LogP contribution in [0.1, 0.15) is 35.6 Å². The van der Waals surface area contributed by atoms with E-state index in [1.807, 2.05) is 0 Å². The van der Waals surface area contributed by atoms with Crippen molar-refractivity contribution < 1.29 is 35.3 Å². The first-order valence-electron chi connectivity index (χ1n) is 10.7. The van der Waals surface area contributed by atoms with E-state index < -0.39 is 27.7 Å². The van der Waals surface area contributed by atoms with Crippen molar-refractivity contribution in [1.29, 1.82) is 0 Å². The molecule has 0 unspecified atom stereocenters. The third kappa shape index (κ3) is 5.49. The summed E-state index contributed by atoms with van der Waals surface area (Å²) in [5.74, 6) is -0.265. The second-order valence-corrected chi connectivity index (χ2v) is 9.93. The molecular weight excluding hydrogens is 487 g/mol. The van der Waals surface area contributed by atoms with Crippen LogP contribution in [0.25, 0.3) is 12.2 Å². The maximum absolute atomic E-state index is 13.3. The number of hydrogen-bond donors (Lipinski definition) is 1. The molecule has 2 aromatic heterocycles. The number of carbonyl (C=O) groups excluding carboxylic acids is 1. The largest absolute Gasteiger partial charge is 0.465 e. The van der Waals surface area contributed by atoms with Crippen molar-refractivity contribution >= 4 is 33.8 Å². The van der Waals surface area contributed by atoms with E-state index in [9.17, 15) is 26.4 Å². The van der Waals surface area contributed by atoms with Gasteiger partial charge >= 0.3 is 6.18 Å². The van der Waals surface area contributed by atoms with E-state index in [4.69, 9.17) is 8.94 Å². The molecule has 0 saturated carbocycles. The number of hydrogen-bond acceptors (Lipinski definition) is 6. The van der Waals surface area contributed by atoms with Crippen molar-refractivity contribution in [3.8, 4) is 0 Å². The standard InChI is InChI=1S/C23H22F3N3O5S/c1-15-21(20(34-28-15)9-8-19-3-2-14-33-19)35(31,32)29-12-10-16(11-13-29)22(30)27-18-6-4-17(5-7-18)23(24,25)26/h2-9,14,16H,10-13H2,1H3,(H,27,30). The molecule has 0 spiro atoms. The van der Waals surface area contributed by atoms with Crippen LogP contribution in [0, 0.1) is 12.8 Å². The van der Waals surface area contributed by atoms with E-state index in [0.29, 0.717) is 5.76 Å². The highest BCUT2D eigenvalue weighted by Crippen LogP contribution is 2.31. The molecular formula is C23H22F3N3O5S. The molecule has 1 aliphatic heterocycles. The number of nitrogens with zero attached hydrogens (tertiary/aromatic N) is 2. The maximum Gasteiger partial charge on any atom is 0.416 e. The molecule has 4 rings (SSSR count). The Hall–Kier alpha value is -3.38. The lowest BCUT2D eigenvalue weighted by Gasteiger charge is -2.30. The van der Waals surface area contributed by atoms with Crippen molar-refractivity contribution in [1.82, 2.24) is 9.46 Å². The van der Waals surface area contributed by atoms with Gasteiger partial charge in [-0.1, -0.05) is 5.16 Å². The minimum absolute atomic E-state index is 0.0482. The first kappa shape index (κ1) is 24.7. The highest BCUT2D eigenvalue weighted by atomic mass is 32.2. The number of carbonyl (C=O) groups is 1. The van der Waals surface area contributed by atoms with Crippen LogP contribution < -0.4 is 5.32 Å². The van der Waals surface area contributed by atoms with Gasteiger partial charge in [0.25, 0.3) is 0 Å². The Bertz CT molecular complexity index is 1310. The minimum Gasteiger partial charge on any atom is -0.465 e. The van der Waals surface area contributed by atoms with Crippen LogP contribution in [0.2, 0.25) is 0 Å². The lowest BCUT2D eigenvalue weighted by atomic mass is 9.97. The van der Waals surface area contributed by atoms with Gasteiger partial charge in [-0.2, -0.15) is 17.5 Å². The van der Waals surface area contributed by atoms with Gasteiger partial charge in [0.2, 0.25) is 15.9 Å². The van der Waals surface area contributed by atoms with Gasteiger partial charge in [0, 0.05) is 24.7 Å². The Labute approximate surface area is 199 Å². The Morgan fingerprint density at radius 2 is 1.83 bits per heavy atom. The van der Waals surface area contributed by atoms with Crippen molar-refractivity contribution in [2.24, 2.45) is 5.92 Å². The quantitative estimate of drug-likeness (QED) is 0.512. The van der Waals surface area contributed by atoms with Gasteiger partial charge < -0.3 is 14.3 Å². The van der Waals surface area contributed by atoms with E-state index in [1.165, 1.54) is 35.7 Å². The van der Waals surface area contributed by atoms with E-state index in [1.54, 1.807) is 18.2 Å². The number of anilines is 1. The molecule has 1 N–H and O–H groups in total. The molecule has 1 saturated heterocycles. The van der Waals surface area contributed by atoms with Crippen molar-refractivity contribution in [3.05, 3.63) is 65.4 Å². The molecule has 3 aromatic rings. The van der Waals surface area contributed by atoms with E-state index in [2.05, 4.69) is 10.5 Å². The summed E-state index contributed by atoms with van der Waals surface area (Å²) in [5.41, 5.74) is -0.353. The van der Waals surface area contributed by atoms with Gasteiger partial charge in [-0.3, -0.25) is 4.79 Å². The number of sulfonamides is 1. The van der Waals surface area contributed by atoms with Crippen LogP contribution in [-0.4, -0.2) is 36.9 Å². The Morgan fingerprint density at radius 1 is 1.14 bits per heavy atom. The summed E-state index contributed by atoms with van der Waals surface area (Å²) in [4.78, 5) is 12.5. The fourth-order valence-electron chi connectivity index (χ4n) is 3.82. The van der Waals surface area contributed by atoms with Crippen LogP contribution in [0.5, 0.6) is 0 Å². The molecule has 0 atom stereocenters. The predicted molar refractivity (Wildman–Crippen MR) is 120 cm³/mol. The number of halogens is 3. The summed E-state index contributed by atoms with van der Waals surface area (Å²) >= 11 is 0. The molecule has 186 valence electrons. The molecule has 35 heavy (non-hydrogen) atoms. The first-order valence-corrected chi connectivity index (χ1v) is 12.2. The topological polar surface area (TPSA) is 106 Å². The zero-order chi connectivity index (χ0) is 25.2. The maximum atomic E-state index is 13.3. The summed E-state index contributed by atoms with van der Waals surface area (Å²) in [5, 5.41) is 6.39. The van der Waals surface area contributed by atoms with E-state index >= 15 is 0 Å². The molecule has 3 heterocycles. The van der Waals surface area contributed by atoms with Crippen LogP contribution in [0.15, 0.2) is 56.5 Å². The minimum atomic E-state index is -4.46. The van der Waals surface area contributed by atoms with Gasteiger partial charge in [-0.05, 0) is 68.3 Å². The monoisotopic (exact) mass is 509 g/mol. The van der Waals surface area contributed by atoms with E-state index in [-0.39, 0.29) is 53.9 Å². The second kappa shape index (κ2) is 9.70. The highest BCUT2D eigenvalue weighted by Gasteiger charge is 2.36. The Morgan fingerprint density at radius 3 is 2.43 bits per heavy atom. The summed E-state index contributed by atoms with van der Waals surface area (Å²) in [7, 11) is -3.94. The molecule has 0 aliphatic carbocycles. The molecule has 1 aliphatic rings. The third-order valence-corrected chi connectivity index (χ3v) is 7.74. The Kier molecular flexibility index (Phi) is 6.86. The first-order chi connectivity index (χ1) is 16.6. The summed E-state index contributed by atoms with van der Waals surface area (Å²) in [6, 6.07) is 7.56. The average molecular weight is 510 g/mol. The normalized spacial score (nSPS) is 16.1. The fourth-order valence-corrected chi connectivity index (χ4v) is 5.54. The number of furan rings is 1. The number of piperidine rings is 1. The number of benzene rings is 1. The molecule has 0 radical (unpaired) electrons. The SMILES string of the molecule is Cc1noc(C=Cc2ccco2)c1S(=O)(=O)N1CCC(C(=O)Nc2ccc(C(F)(F)F)cc2)CC1. The van der Waals surface area contributed by atoms with Crippen LogP contribution in [0.3, 0.4) is 0 Å². The summed E-state index contributed by atoms with van der Waals surface area (Å²) < 4.78 is 76.4. The van der Waals surface area contributed by atoms with Crippen LogP contribution in [-0.2, 0) is 21.0 Å². The van der Waals surface area contributed by atoms with Gasteiger partial charge in [-0.15, -0.1) is 0 Å². The smallest absolute Gasteiger partial charge is 0.416 e. The van der Waals surface area contributed by atoms with Crippen LogP contribution in [0.4, 0.5) is 18.9 Å². The van der Waals surface area contributed by atoms with Crippen molar-refractivity contribution in [3.63, 3.8) is 0 Å². The van der Waals surface area contributed by atoms with Gasteiger partial charge in [0.1, 0.15) is 11.5 Å². The average Bonchev–Trinajstić information content (AvgIpc) is 3.47. The van der Waals surface area contributed by atoms with Crippen molar-refractivity contribution in [2.75, 3.05) is 18.4 Å². The zero-order valence-electron chi connectivity index (χ0n) is 18.6. The molecule has 12 heteroatoms.